The molecule has 4 saturated carbocycles. The minimum Gasteiger partial charge on any atom is -0.381 e. The molecule has 0 unspecified atom stereocenters. The fourth-order valence-electron chi connectivity index (χ4n) is 3.32. The molecule has 0 radical (unpaired) electrons. The second-order valence-corrected chi connectivity index (χ2v) is 4.37. The van der Waals surface area contributed by atoms with Crippen molar-refractivity contribution in [1.29, 1.82) is 0 Å². The van der Waals surface area contributed by atoms with Gasteiger partial charge < -0.3 is 4.74 Å². The summed E-state index contributed by atoms with van der Waals surface area (Å²) in [6.07, 6.45) is 1.87. The molecule has 0 spiro atoms. The fraction of sp³-hybridized carbons (Fsp3) is 1.00. The molecule has 0 aromatic rings. The largest absolute Gasteiger partial charge is 0.381 e. The van der Waals surface area contributed by atoms with Crippen molar-refractivity contribution in [2.45, 2.75) is 17.9 Å². The van der Waals surface area contributed by atoms with Gasteiger partial charge >= 0.3 is 0 Å². The lowest BCUT2D eigenvalue weighted by molar-refractivity contribution is 0.0727. The van der Waals surface area contributed by atoms with Crippen molar-refractivity contribution in [2.24, 2.45) is 23.7 Å². The minimum atomic E-state index is 0.458. The van der Waals surface area contributed by atoms with Crippen molar-refractivity contribution in [3.8, 4) is 0 Å². The highest BCUT2D eigenvalue weighted by Crippen LogP contribution is 2.72. The molecule has 4 rings (SSSR count). The van der Waals surface area contributed by atoms with Crippen LogP contribution >= 0.6 is 11.6 Å². The van der Waals surface area contributed by atoms with Crippen molar-refractivity contribution in [3.63, 3.8) is 0 Å². The molecule has 0 saturated heterocycles. The average Bonchev–Trinajstić information content (AvgIpc) is 2.29. The van der Waals surface area contributed by atoms with Gasteiger partial charge in [0, 0.05) is 18.4 Å². The lowest BCUT2D eigenvalue weighted by atomic mass is 10.1. The van der Waals surface area contributed by atoms with Crippen LogP contribution in [0.25, 0.3) is 0 Å². The van der Waals surface area contributed by atoms with Gasteiger partial charge in [0.15, 0.2) is 0 Å². The summed E-state index contributed by atoms with van der Waals surface area (Å²) in [6.45, 7) is 0. The van der Waals surface area contributed by atoms with E-state index in [2.05, 4.69) is 0 Å². The Balaban J connectivity index is 1.95. The maximum Gasteiger partial charge on any atom is 0.0647 e. The molecule has 4 aliphatic rings. The van der Waals surface area contributed by atoms with Crippen LogP contribution in [0.2, 0.25) is 0 Å². The second-order valence-electron chi connectivity index (χ2n) is 3.86. The Morgan fingerprint density at radius 1 is 1.30 bits per heavy atom. The number of hydrogen-bond acceptors (Lipinski definition) is 1. The van der Waals surface area contributed by atoms with Crippen LogP contribution in [0, 0.1) is 23.7 Å². The van der Waals surface area contributed by atoms with Crippen LogP contribution in [-0.4, -0.2) is 18.6 Å². The molecule has 0 amide bonds. The molecule has 4 aliphatic carbocycles. The molecule has 0 aliphatic heterocycles. The third-order valence-corrected chi connectivity index (χ3v) is 4.30. The smallest absolute Gasteiger partial charge is 0.0647 e. The molecule has 1 nitrogen and oxygen atoms in total. The van der Waals surface area contributed by atoms with Gasteiger partial charge in [-0.2, -0.15) is 0 Å². The normalized spacial score (nSPS) is 69.0. The number of ether oxygens (including phenoxy) is 1. The first kappa shape index (κ1) is 5.84. The van der Waals surface area contributed by atoms with E-state index in [4.69, 9.17) is 16.3 Å². The van der Waals surface area contributed by atoms with Crippen LogP contribution in [0.1, 0.15) is 6.42 Å². The Morgan fingerprint density at radius 2 is 2.10 bits per heavy atom. The van der Waals surface area contributed by atoms with Gasteiger partial charge in [-0.25, -0.2) is 0 Å². The predicted molar refractivity (Wildman–Crippen MR) is 39.0 cm³/mol. The fourth-order valence-corrected chi connectivity index (χ4v) is 3.92. The van der Waals surface area contributed by atoms with E-state index in [1.165, 1.54) is 6.42 Å². The second kappa shape index (κ2) is 1.54. The molecule has 0 aromatic heterocycles. The number of halogens is 1. The first-order valence-electron chi connectivity index (χ1n) is 4.01. The van der Waals surface area contributed by atoms with Crippen LogP contribution in [0.4, 0.5) is 0 Å². The van der Waals surface area contributed by atoms with E-state index >= 15 is 0 Å². The topological polar surface area (TPSA) is 9.23 Å². The molecule has 56 valence electrons. The van der Waals surface area contributed by atoms with Gasteiger partial charge in [0.25, 0.3) is 0 Å². The molecular formula is C8H11ClO. The van der Waals surface area contributed by atoms with Crippen molar-refractivity contribution in [2.75, 3.05) is 7.11 Å². The molecule has 2 heteroatoms. The van der Waals surface area contributed by atoms with E-state index in [9.17, 15) is 0 Å². The summed E-state index contributed by atoms with van der Waals surface area (Å²) in [4.78, 5) is 0. The summed E-state index contributed by atoms with van der Waals surface area (Å²) in [6, 6.07) is 0. The number of rotatable bonds is 1. The minimum absolute atomic E-state index is 0.458. The van der Waals surface area contributed by atoms with Crippen molar-refractivity contribution >= 4 is 11.6 Å². The zero-order valence-corrected chi connectivity index (χ0v) is 6.71. The zero-order chi connectivity index (χ0) is 6.88. The van der Waals surface area contributed by atoms with E-state index in [1.54, 1.807) is 0 Å². The Kier molecular flexibility index (Phi) is 0.897. The van der Waals surface area contributed by atoms with Crippen LogP contribution in [0.5, 0.6) is 0 Å². The summed E-state index contributed by atoms with van der Waals surface area (Å²) >= 11 is 6.19. The van der Waals surface area contributed by atoms with Crippen molar-refractivity contribution in [3.05, 3.63) is 0 Å². The molecule has 4 fully saturated rings. The summed E-state index contributed by atoms with van der Waals surface area (Å²) < 4.78 is 5.40. The lowest BCUT2D eigenvalue weighted by Crippen LogP contribution is -2.18. The van der Waals surface area contributed by atoms with E-state index in [0.29, 0.717) is 17.4 Å². The SMILES string of the molecule is CO[C@H]1[C@H]2C[C@@H]3[C@H]([C@@H]2Cl)[C@@H]31. The Labute approximate surface area is 65.7 Å². The lowest BCUT2D eigenvalue weighted by Gasteiger charge is -2.13. The highest BCUT2D eigenvalue weighted by atomic mass is 35.5. The summed E-state index contributed by atoms with van der Waals surface area (Å²) in [5.74, 6) is 3.36. The van der Waals surface area contributed by atoms with E-state index < -0.39 is 0 Å². The molecule has 4 bridgehead atoms. The van der Waals surface area contributed by atoms with Gasteiger partial charge in [0.2, 0.25) is 0 Å². The summed E-state index contributed by atoms with van der Waals surface area (Å²) in [7, 11) is 1.82. The van der Waals surface area contributed by atoms with Gasteiger partial charge in [-0.1, -0.05) is 0 Å². The molecule has 10 heavy (non-hydrogen) atoms. The number of alkyl halides is 1. The van der Waals surface area contributed by atoms with Crippen molar-refractivity contribution in [1.82, 2.24) is 0 Å². The monoisotopic (exact) mass is 158 g/mol. The summed E-state index contributed by atoms with van der Waals surface area (Å²) in [5.41, 5.74) is 0. The molecule has 0 aromatic carbocycles. The van der Waals surface area contributed by atoms with Crippen LogP contribution in [0.15, 0.2) is 0 Å². The standard InChI is InChI=1S/C8H11ClO/c1-10-8-4-2-3-5(6(3)8)7(4)9/h3-8H,2H2,1H3/t3-,4+,5+,6-,7-,8+/m1/s1. The third kappa shape index (κ3) is 0.417. The van der Waals surface area contributed by atoms with Crippen LogP contribution in [-0.2, 0) is 4.74 Å². The highest BCUT2D eigenvalue weighted by Gasteiger charge is 2.73. The number of hydrogen-bond donors (Lipinski definition) is 0. The molecule has 6 atom stereocenters. The van der Waals surface area contributed by atoms with Gasteiger partial charge in [-0.3, -0.25) is 0 Å². The van der Waals surface area contributed by atoms with Gasteiger partial charge in [-0.05, 0) is 24.2 Å². The Morgan fingerprint density at radius 3 is 2.30 bits per heavy atom. The van der Waals surface area contributed by atoms with Gasteiger partial charge in [0.1, 0.15) is 0 Å². The molecule has 0 heterocycles. The van der Waals surface area contributed by atoms with E-state index in [1.807, 2.05) is 7.11 Å². The van der Waals surface area contributed by atoms with E-state index in [0.717, 1.165) is 17.8 Å². The Bertz CT molecular complexity index is 182. The molecule has 0 N–H and O–H groups in total. The first-order chi connectivity index (χ1) is 4.84. The molecular weight excluding hydrogens is 148 g/mol. The van der Waals surface area contributed by atoms with Gasteiger partial charge in [0.05, 0.1) is 6.10 Å². The predicted octanol–water partition coefficient (Wildman–Crippen LogP) is 1.50. The first-order valence-corrected chi connectivity index (χ1v) is 4.45. The van der Waals surface area contributed by atoms with Crippen molar-refractivity contribution < 1.29 is 4.74 Å². The number of methoxy groups -OCH3 is 1. The third-order valence-electron chi connectivity index (χ3n) is 3.69. The highest BCUT2D eigenvalue weighted by molar-refractivity contribution is 6.21. The van der Waals surface area contributed by atoms with Crippen LogP contribution in [0.3, 0.4) is 0 Å². The maximum absolute atomic E-state index is 6.19. The van der Waals surface area contributed by atoms with E-state index in [-0.39, 0.29) is 0 Å². The maximum atomic E-state index is 6.19. The quantitative estimate of drug-likeness (QED) is 0.526. The Hall–Kier alpha value is 0.250. The van der Waals surface area contributed by atoms with Crippen LogP contribution < -0.4 is 0 Å². The summed E-state index contributed by atoms with van der Waals surface area (Å²) in [5, 5.41) is 0.458. The zero-order valence-electron chi connectivity index (χ0n) is 5.96. The van der Waals surface area contributed by atoms with Gasteiger partial charge in [-0.15, -0.1) is 11.6 Å². The average molecular weight is 159 g/mol.